The molecule has 108 valence electrons. The SMILES string of the molecule is CC(C)CNCc1cncn1C(C)c1ccc(Br)cc1. The Morgan fingerprint density at radius 2 is 1.90 bits per heavy atom. The van der Waals surface area contributed by atoms with Crippen LogP contribution in [0.4, 0.5) is 0 Å². The summed E-state index contributed by atoms with van der Waals surface area (Å²) in [6.45, 7) is 8.53. The summed E-state index contributed by atoms with van der Waals surface area (Å²) in [6.07, 6.45) is 3.86. The second kappa shape index (κ2) is 7.04. The number of rotatable bonds is 6. The minimum Gasteiger partial charge on any atom is -0.326 e. The molecule has 1 unspecified atom stereocenters. The molecule has 1 aromatic heterocycles. The van der Waals surface area contributed by atoms with Crippen LogP contribution in [-0.4, -0.2) is 16.1 Å². The Kier molecular flexibility index (Phi) is 5.38. The molecule has 0 fully saturated rings. The summed E-state index contributed by atoms with van der Waals surface area (Å²) in [6, 6.07) is 8.76. The van der Waals surface area contributed by atoms with Gasteiger partial charge in [-0.1, -0.05) is 41.9 Å². The number of imidazole rings is 1. The first-order chi connectivity index (χ1) is 9.58. The maximum atomic E-state index is 4.30. The van der Waals surface area contributed by atoms with Gasteiger partial charge >= 0.3 is 0 Å². The molecule has 4 heteroatoms. The van der Waals surface area contributed by atoms with E-state index in [-0.39, 0.29) is 0 Å². The molecule has 0 bridgehead atoms. The normalized spacial score (nSPS) is 12.8. The number of benzene rings is 1. The number of aromatic nitrogens is 2. The summed E-state index contributed by atoms with van der Waals surface area (Å²) < 4.78 is 3.34. The Morgan fingerprint density at radius 1 is 1.20 bits per heavy atom. The van der Waals surface area contributed by atoms with Crippen molar-refractivity contribution in [2.45, 2.75) is 33.4 Å². The fourth-order valence-corrected chi connectivity index (χ4v) is 2.47. The molecule has 20 heavy (non-hydrogen) atoms. The van der Waals surface area contributed by atoms with Crippen LogP contribution >= 0.6 is 15.9 Å². The van der Waals surface area contributed by atoms with Crippen molar-refractivity contribution in [2.75, 3.05) is 6.54 Å². The molecule has 1 N–H and O–H groups in total. The van der Waals surface area contributed by atoms with E-state index in [1.54, 1.807) is 0 Å². The maximum absolute atomic E-state index is 4.30. The van der Waals surface area contributed by atoms with Gasteiger partial charge < -0.3 is 9.88 Å². The fourth-order valence-electron chi connectivity index (χ4n) is 2.21. The van der Waals surface area contributed by atoms with Gasteiger partial charge in [0.05, 0.1) is 18.1 Å². The Bertz CT molecular complexity index is 531. The summed E-state index contributed by atoms with van der Waals surface area (Å²) in [5, 5.41) is 3.47. The average Bonchev–Trinajstić information content (AvgIpc) is 2.87. The first-order valence-electron chi connectivity index (χ1n) is 7.05. The highest BCUT2D eigenvalue weighted by Gasteiger charge is 2.11. The lowest BCUT2D eigenvalue weighted by molar-refractivity contribution is 0.525. The molecule has 1 aromatic carbocycles. The quantitative estimate of drug-likeness (QED) is 0.864. The van der Waals surface area contributed by atoms with Crippen molar-refractivity contribution in [3.8, 4) is 0 Å². The highest BCUT2D eigenvalue weighted by molar-refractivity contribution is 9.10. The molecule has 0 aliphatic rings. The molecule has 0 spiro atoms. The molecule has 0 aliphatic carbocycles. The predicted molar refractivity (Wildman–Crippen MR) is 86.7 cm³/mol. The topological polar surface area (TPSA) is 29.9 Å². The molecule has 2 rings (SSSR count). The van der Waals surface area contributed by atoms with Crippen molar-refractivity contribution < 1.29 is 0 Å². The lowest BCUT2D eigenvalue weighted by atomic mass is 10.1. The Labute approximate surface area is 129 Å². The highest BCUT2D eigenvalue weighted by Crippen LogP contribution is 2.21. The first-order valence-corrected chi connectivity index (χ1v) is 7.84. The number of hydrogen-bond donors (Lipinski definition) is 1. The van der Waals surface area contributed by atoms with Gasteiger partial charge in [-0.25, -0.2) is 4.98 Å². The molecule has 3 nitrogen and oxygen atoms in total. The largest absolute Gasteiger partial charge is 0.326 e. The van der Waals surface area contributed by atoms with Crippen molar-refractivity contribution in [1.29, 1.82) is 0 Å². The fraction of sp³-hybridized carbons (Fsp3) is 0.438. The standard InChI is InChI=1S/C16H22BrN3/c1-12(2)8-18-9-16-10-19-11-20(16)13(3)14-4-6-15(17)7-5-14/h4-7,10-13,18H,8-9H2,1-3H3. The zero-order chi connectivity index (χ0) is 14.5. The van der Waals surface area contributed by atoms with Gasteiger partial charge in [0.25, 0.3) is 0 Å². The van der Waals surface area contributed by atoms with E-state index in [9.17, 15) is 0 Å². The minimum atomic E-state index is 0.293. The summed E-state index contributed by atoms with van der Waals surface area (Å²) in [7, 11) is 0. The van der Waals surface area contributed by atoms with Gasteiger partial charge in [-0.05, 0) is 37.1 Å². The van der Waals surface area contributed by atoms with Crippen LogP contribution < -0.4 is 5.32 Å². The van der Waals surface area contributed by atoms with Gasteiger partial charge in [0.1, 0.15) is 0 Å². The van der Waals surface area contributed by atoms with Crippen LogP contribution in [0.1, 0.15) is 38.1 Å². The van der Waals surface area contributed by atoms with Crippen LogP contribution in [0.15, 0.2) is 41.3 Å². The number of hydrogen-bond acceptors (Lipinski definition) is 2. The Morgan fingerprint density at radius 3 is 2.55 bits per heavy atom. The molecule has 2 aromatic rings. The molecule has 1 heterocycles. The van der Waals surface area contributed by atoms with E-state index in [2.05, 4.69) is 75.8 Å². The Balaban J connectivity index is 2.08. The number of nitrogens with zero attached hydrogens (tertiary/aromatic N) is 2. The molecule has 0 amide bonds. The molecular weight excluding hydrogens is 314 g/mol. The van der Waals surface area contributed by atoms with Crippen molar-refractivity contribution in [2.24, 2.45) is 5.92 Å². The van der Waals surface area contributed by atoms with Gasteiger partial charge in [-0.3, -0.25) is 0 Å². The third-order valence-electron chi connectivity index (χ3n) is 3.37. The smallest absolute Gasteiger partial charge is 0.0954 e. The lowest BCUT2D eigenvalue weighted by Gasteiger charge is -2.18. The maximum Gasteiger partial charge on any atom is 0.0954 e. The van der Waals surface area contributed by atoms with E-state index < -0.39 is 0 Å². The van der Waals surface area contributed by atoms with E-state index >= 15 is 0 Å². The van der Waals surface area contributed by atoms with Crippen molar-refractivity contribution >= 4 is 15.9 Å². The number of nitrogens with one attached hydrogen (secondary N) is 1. The van der Waals surface area contributed by atoms with Crippen LogP contribution in [0.5, 0.6) is 0 Å². The first kappa shape index (κ1) is 15.3. The van der Waals surface area contributed by atoms with Gasteiger partial charge in [-0.2, -0.15) is 0 Å². The van der Waals surface area contributed by atoms with E-state index in [0.717, 1.165) is 17.6 Å². The van der Waals surface area contributed by atoms with E-state index in [1.165, 1.54) is 11.3 Å². The van der Waals surface area contributed by atoms with Crippen molar-refractivity contribution in [3.05, 3.63) is 52.5 Å². The van der Waals surface area contributed by atoms with Crippen LogP contribution in [0, 0.1) is 5.92 Å². The third-order valence-corrected chi connectivity index (χ3v) is 3.90. The van der Waals surface area contributed by atoms with Gasteiger partial charge in [0.15, 0.2) is 0 Å². The molecule has 0 radical (unpaired) electrons. The molecule has 0 aliphatic heterocycles. The lowest BCUT2D eigenvalue weighted by Crippen LogP contribution is -2.21. The zero-order valence-corrected chi connectivity index (χ0v) is 13.9. The summed E-state index contributed by atoms with van der Waals surface area (Å²) in [4.78, 5) is 4.30. The molecule has 0 saturated carbocycles. The molecular formula is C16H22BrN3. The van der Waals surface area contributed by atoms with E-state index in [4.69, 9.17) is 0 Å². The average molecular weight is 336 g/mol. The zero-order valence-electron chi connectivity index (χ0n) is 12.3. The summed E-state index contributed by atoms with van der Waals surface area (Å²) >= 11 is 3.48. The van der Waals surface area contributed by atoms with Crippen molar-refractivity contribution in [1.82, 2.24) is 14.9 Å². The minimum absolute atomic E-state index is 0.293. The molecule has 0 saturated heterocycles. The van der Waals surface area contributed by atoms with E-state index in [0.29, 0.717) is 12.0 Å². The second-order valence-corrected chi connectivity index (χ2v) is 6.46. The van der Waals surface area contributed by atoms with Crippen LogP contribution in [0.2, 0.25) is 0 Å². The number of halogens is 1. The third kappa shape index (κ3) is 3.93. The van der Waals surface area contributed by atoms with Gasteiger partial charge in [-0.15, -0.1) is 0 Å². The summed E-state index contributed by atoms with van der Waals surface area (Å²) in [5.74, 6) is 0.662. The van der Waals surface area contributed by atoms with Gasteiger partial charge in [0, 0.05) is 17.2 Å². The summed E-state index contributed by atoms with van der Waals surface area (Å²) in [5.41, 5.74) is 2.51. The highest BCUT2D eigenvalue weighted by atomic mass is 79.9. The van der Waals surface area contributed by atoms with Crippen LogP contribution in [0.3, 0.4) is 0 Å². The van der Waals surface area contributed by atoms with E-state index in [1.807, 2.05) is 12.5 Å². The van der Waals surface area contributed by atoms with Crippen LogP contribution in [0.25, 0.3) is 0 Å². The monoisotopic (exact) mass is 335 g/mol. The predicted octanol–water partition coefficient (Wildman–Crippen LogP) is 4.00. The second-order valence-electron chi connectivity index (χ2n) is 5.54. The Hall–Kier alpha value is -1.13. The molecule has 1 atom stereocenters. The van der Waals surface area contributed by atoms with Gasteiger partial charge in [0.2, 0.25) is 0 Å². The van der Waals surface area contributed by atoms with Crippen molar-refractivity contribution in [3.63, 3.8) is 0 Å². The van der Waals surface area contributed by atoms with Crippen LogP contribution in [-0.2, 0) is 6.54 Å².